The van der Waals surface area contributed by atoms with Crippen molar-refractivity contribution in [3.05, 3.63) is 54.6 Å². The average Bonchev–Trinajstić information content (AvgIpc) is 2.42. The van der Waals surface area contributed by atoms with E-state index in [0.29, 0.717) is 0 Å². The molecule has 0 aliphatic heterocycles. The summed E-state index contributed by atoms with van der Waals surface area (Å²) in [6, 6.07) is 18.9. The number of rotatable bonds is 2. The minimum atomic E-state index is 0.895. The molecule has 1 nitrogen and oxygen atoms in total. The Labute approximate surface area is 113 Å². The van der Waals surface area contributed by atoms with Crippen molar-refractivity contribution < 1.29 is 21.1 Å². The van der Waals surface area contributed by atoms with E-state index in [2.05, 4.69) is 19.7 Å². The first-order valence-corrected chi connectivity index (χ1v) is 11.7. The molecule has 0 unspecified atom stereocenters. The van der Waals surface area contributed by atoms with Crippen LogP contribution in [0.2, 0.25) is 0 Å². The van der Waals surface area contributed by atoms with Crippen molar-refractivity contribution >= 4 is 13.6 Å². The molecule has 0 fully saturated rings. The van der Waals surface area contributed by atoms with E-state index in [1.54, 1.807) is 7.11 Å². The van der Waals surface area contributed by atoms with Crippen LogP contribution in [0, 0.1) is 6.07 Å². The monoisotopic (exact) mass is 326 g/mol. The Kier molecular flexibility index (Phi) is 6.36. The van der Waals surface area contributed by atoms with E-state index in [1.807, 2.05) is 48.5 Å². The average molecular weight is 329 g/mol. The SMILES string of the molecule is COc1ccccc1-c1c[c-]ccc1.[Zn+][Br]. The van der Waals surface area contributed by atoms with Gasteiger partial charge in [-0.25, -0.2) is 0 Å². The first-order valence-electron chi connectivity index (χ1n) is 4.78. The molecule has 3 heteroatoms. The van der Waals surface area contributed by atoms with Crippen LogP contribution in [0.5, 0.6) is 5.75 Å². The molecule has 0 aromatic heterocycles. The van der Waals surface area contributed by atoms with Crippen LogP contribution in [-0.2, 0) is 16.3 Å². The van der Waals surface area contributed by atoms with Gasteiger partial charge in [0.05, 0.1) is 7.11 Å². The molecule has 0 spiro atoms. The third-order valence-corrected chi connectivity index (χ3v) is 2.13. The van der Waals surface area contributed by atoms with Gasteiger partial charge in [0.15, 0.2) is 0 Å². The first-order chi connectivity index (χ1) is 7.92. The van der Waals surface area contributed by atoms with Gasteiger partial charge in [0, 0.05) is 0 Å². The Hall–Kier alpha value is -0.657. The van der Waals surface area contributed by atoms with E-state index in [9.17, 15) is 0 Å². The van der Waals surface area contributed by atoms with Crippen molar-refractivity contribution in [3.8, 4) is 16.9 Å². The molecule has 0 radical (unpaired) electrons. The summed E-state index contributed by atoms with van der Waals surface area (Å²) in [7, 11) is 1.69. The molecule has 0 amide bonds. The summed E-state index contributed by atoms with van der Waals surface area (Å²) in [5, 5.41) is 0. The molecule has 0 heterocycles. The van der Waals surface area contributed by atoms with Gasteiger partial charge in [-0.05, 0) is 11.6 Å². The summed E-state index contributed by atoms with van der Waals surface area (Å²) in [5.41, 5.74) is 2.23. The minimum absolute atomic E-state index is 0.895. The molecule has 2 aromatic carbocycles. The standard InChI is InChI=1S/C13H11O.BrH.Zn/c1-14-13-10-6-5-9-12(13)11-7-3-2-4-8-11;;/h2-3,5-10H,1H3;1H;/q-1;;+2/p-1. The van der Waals surface area contributed by atoms with Crippen LogP contribution in [-0.4, -0.2) is 7.11 Å². The Morgan fingerprint density at radius 1 is 1.12 bits per heavy atom. The molecule has 0 atom stereocenters. The molecule has 2 rings (SSSR count). The molecule has 0 saturated heterocycles. The molecule has 0 aliphatic carbocycles. The van der Waals surface area contributed by atoms with E-state index in [-0.39, 0.29) is 0 Å². The van der Waals surface area contributed by atoms with E-state index >= 15 is 0 Å². The number of methoxy groups -OCH3 is 1. The Bertz CT molecular complexity index is 417. The fraction of sp³-hybridized carbons (Fsp3) is 0.0769. The summed E-state index contributed by atoms with van der Waals surface area (Å²) in [6.07, 6.45) is 0. The van der Waals surface area contributed by atoms with Crippen molar-refractivity contribution in [1.82, 2.24) is 0 Å². The van der Waals surface area contributed by atoms with E-state index in [0.717, 1.165) is 16.9 Å². The second-order valence-electron chi connectivity index (χ2n) is 2.99. The zero-order valence-corrected chi connectivity index (χ0v) is 13.7. The molecular weight excluding hydrogens is 317 g/mol. The summed E-state index contributed by atoms with van der Waals surface area (Å²) < 4.78 is 5.29. The van der Waals surface area contributed by atoms with Crippen LogP contribution in [0.4, 0.5) is 0 Å². The number of hydrogen-bond acceptors (Lipinski definition) is 1. The van der Waals surface area contributed by atoms with Crippen LogP contribution in [0.3, 0.4) is 0 Å². The van der Waals surface area contributed by atoms with Crippen LogP contribution < -0.4 is 4.74 Å². The summed E-state index contributed by atoms with van der Waals surface area (Å²) in [5.74, 6) is 0.895. The molecular formula is C13H11BrOZn. The van der Waals surface area contributed by atoms with Crippen LogP contribution >= 0.6 is 13.6 Å². The summed E-state index contributed by atoms with van der Waals surface area (Å²) >= 11 is 4.25. The van der Waals surface area contributed by atoms with E-state index in [1.165, 1.54) is 16.3 Å². The molecule has 78 valence electrons. The number of para-hydroxylation sites is 1. The quantitative estimate of drug-likeness (QED) is 0.598. The van der Waals surface area contributed by atoms with E-state index in [4.69, 9.17) is 4.74 Å². The molecule has 2 aromatic rings. The van der Waals surface area contributed by atoms with Crippen LogP contribution in [0.1, 0.15) is 0 Å². The number of benzene rings is 2. The maximum atomic E-state index is 5.29. The maximum absolute atomic E-state index is 5.29. The zero-order chi connectivity index (χ0) is 11.8. The van der Waals surface area contributed by atoms with Crippen molar-refractivity contribution in [2.75, 3.05) is 7.11 Å². The van der Waals surface area contributed by atoms with Gasteiger partial charge in [-0.2, -0.15) is 30.3 Å². The van der Waals surface area contributed by atoms with Crippen molar-refractivity contribution in [2.24, 2.45) is 0 Å². The van der Waals surface area contributed by atoms with Gasteiger partial charge in [0.2, 0.25) is 0 Å². The third-order valence-electron chi connectivity index (χ3n) is 2.13. The van der Waals surface area contributed by atoms with Crippen molar-refractivity contribution in [2.45, 2.75) is 0 Å². The first kappa shape index (κ1) is 13.4. The van der Waals surface area contributed by atoms with E-state index < -0.39 is 0 Å². The van der Waals surface area contributed by atoms with Crippen molar-refractivity contribution in [1.29, 1.82) is 0 Å². The summed E-state index contributed by atoms with van der Waals surface area (Å²) in [6.45, 7) is 0. The Morgan fingerprint density at radius 2 is 1.88 bits per heavy atom. The van der Waals surface area contributed by atoms with Crippen molar-refractivity contribution in [3.63, 3.8) is 0 Å². The molecule has 0 N–H and O–H groups in total. The van der Waals surface area contributed by atoms with Crippen LogP contribution in [0.15, 0.2) is 48.5 Å². The van der Waals surface area contributed by atoms with Gasteiger partial charge in [-0.3, -0.25) is 0 Å². The normalized spacial score (nSPS) is 9.00. The number of hydrogen-bond donors (Lipinski definition) is 0. The molecule has 0 aliphatic rings. The van der Waals surface area contributed by atoms with Gasteiger partial charge in [-0.1, -0.05) is 18.2 Å². The molecule has 0 saturated carbocycles. The van der Waals surface area contributed by atoms with Crippen LogP contribution in [0.25, 0.3) is 11.1 Å². The fourth-order valence-electron chi connectivity index (χ4n) is 1.44. The molecule has 0 bridgehead atoms. The fourth-order valence-corrected chi connectivity index (χ4v) is 1.44. The Morgan fingerprint density at radius 3 is 2.50 bits per heavy atom. The second-order valence-corrected chi connectivity index (χ2v) is 2.99. The predicted molar refractivity (Wildman–Crippen MR) is 66.2 cm³/mol. The number of ether oxygens (including phenoxy) is 1. The Balaban J connectivity index is 0.000000606. The third kappa shape index (κ3) is 3.43. The van der Waals surface area contributed by atoms with Gasteiger partial charge in [0.1, 0.15) is 5.75 Å². The number of halogens is 1. The van der Waals surface area contributed by atoms with Gasteiger partial charge < -0.3 is 4.74 Å². The topological polar surface area (TPSA) is 9.23 Å². The molecule has 16 heavy (non-hydrogen) atoms. The zero-order valence-electron chi connectivity index (χ0n) is 9.11. The second kappa shape index (κ2) is 7.59. The van der Waals surface area contributed by atoms with Gasteiger partial charge in [0.25, 0.3) is 0 Å². The summed E-state index contributed by atoms with van der Waals surface area (Å²) in [4.78, 5) is 0. The predicted octanol–water partition coefficient (Wildman–Crippen LogP) is 4.01. The van der Waals surface area contributed by atoms with Gasteiger partial charge >= 0.3 is 30.0 Å². The van der Waals surface area contributed by atoms with Gasteiger partial charge in [-0.15, -0.1) is 5.56 Å².